The molecular weight excluding hydrogens is 529 g/mol. The second kappa shape index (κ2) is 9.17. The molecule has 2 aromatic rings. The quantitative estimate of drug-likeness (QED) is 0.429. The largest absolute Gasteiger partial charge is 0.378 e. The Kier molecular flexibility index (Phi) is 6.54. The number of ether oxygens (including phenoxy) is 1. The minimum absolute atomic E-state index is 0.232. The van der Waals surface area contributed by atoms with Gasteiger partial charge in [0.05, 0.1) is 18.1 Å². The molecular formula is C22H22IN3O4S. The first-order chi connectivity index (χ1) is 14.8. The van der Waals surface area contributed by atoms with Crippen LogP contribution in [0.2, 0.25) is 0 Å². The fourth-order valence-electron chi connectivity index (χ4n) is 3.75. The number of halogens is 1. The minimum Gasteiger partial charge on any atom is -0.378 e. The molecule has 0 radical (unpaired) electrons. The molecule has 1 aromatic carbocycles. The maximum atomic E-state index is 12.9. The van der Waals surface area contributed by atoms with E-state index in [1.165, 1.54) is 0 Å². The summed E-state index contributed by atoms with van der Waals surface area (Å²) >= 11 is 3.15. The van der Waals surface area contributed by atoms with Crippen molar-refractivity contribution in [2.24, 2.45) is 0 Å². The summed E-state index contributed by atoms with van der Waals surface area (Å²) in [5.41, 5.74) is 3.93. The van der Waals surface area contributed by atoms with E-state index in [9.17, 15) is 14.4 Å². The molecule has 2 aliphatic rings. The van der Waals surface area contributed by atoms with Crippen molar-refractivity contribution >= 4 is 57.5 Å². The van der Waals surface area contributed by atoms with Crippen molar-refractivity contribution in [1.82, 2.24) is 14.4 Å². The van der Waals surface area contributed by atoms with Crippen LogP contribution in [0.3, 0.4) is 0 Å². The average molecular weight is 551 g/mol. The molecule has 0 unspecified atom stereocenters. The lowest BCUT2D eigenvalue weighted by Gasteiger charge is -2.28. The summed E-state index contributed by atoms with van der Waals surface area (Å²) in [6, 6.07) is 10.2. The van der Waals surface area contributed by atoms with Gasteiger partial charge in [-0.1, -0.05) is 0 Å². The number of imide groups is 1. The number of amides is 3. The molecule has 2 fully saturated rings. The molecule has 0 spiro atoms. The molecule has 7 nitrogen and oxygen atoms in total. The zero-order chi connectivity index (χ0) is 22.1. The van der Waals surface area contributed by atoms with Crippen molar-refractivity contribution in [2.45, 2.75) is 13.8 Å². The van der Waals surface area contributed by atoms with Crippen molar-refractivity contribution < 1.29 is 19.1 Å². The summed E-state index contributed by atoms with van der Waals surface area (Å²) in [7, 11) is 0. The molecule has 3 amide bonds. The predicted octanol–water partition coefficient (Wildman–Crippen LogP) is 3.59. The molecule has 1 aromatic heterocycles. The summed E-state index contributed by atoms with van der Waals surface area (Å²) in [5, 5.41) is -0.413. The molecule has 3 heterocycles. The molecule has 0 bridgehead atoms. The third-order valence-corrected chi connectivity index (χ3v) is 7.00. The highest BCUT2D eigenvalue weighted by atomic mass is 127. The normalized spacial score (nSPS) is 18.4. The van der Waals surface area contributed by atoms with Gasteiger partial charge in [-0.15, -0.1) is 0 Å². The Hall–Kier alpha value is -2.11. The summed E-state index contributed by atoms with van der Waals surface area (Å²) in [6.07, 6.45) is 1.75. The summed E-state index contributed by atoms with van der Waals surface area (Å²) < 4.78 is 8.53. The SMILES string of the molecule is Cc1cc(/C=C2\SC(=O)N(CC(=O)N3CCOCC3)C2=O)c(C)n1-c1ccc(I)cc1. The first kappa shape index (κ1) is 22.1. The number of aryl methyl sites for hydroxylation is 1. The van der Waals surface area contributed by atoms with Crippen LogP contribution in [0.1, 0.15) is 17.0 Å². The second-order valence-corrected chi connectivity index (χ2v) is 9.64. The number of benzene rings is 1. The Morgan fingerprint density at radius 2 is 1.84 bits per heavy atom. The molecule has 0 saturated carbocycles. The van der Waals surface area contributed by atoms with Gasteiger partial charge in [0.1, 0.15) is 6.54 Å². The van der Waals surface area contributed by atoms with Gasteiger partial charge in [-0.25, -0.2) is 0 Å². The molecule has 0 aliphatic carbocycles. The lowest BCUT2D eigenvalue weighted by molar-refractivity contribution is -0.139. The van der Waals surface area contributed by atoms with Crippen molar-refractivity contribution in [3.8, 4) is 5.69 Å². The summed E-state index contributed by atoms with van der Waals surface area (Å²) in [4.78, 5) is 40.8. The molecule has 2 saturated heterocycles. The van der Waals surface area contributed by atoms with Gasteiger partial charge in [0.2, 0.25) is 5.91 Å². The Balaban J connectivity index is 1.55. The van der Waals surface area contributed by atoms with Crippen LogP contribution in [0.5, 0.6) is 0 Å². The molecule has 0 atom stereocenters. The number of hydrogen-bond donors (Lipinski definition) is 0. The average Bonchev–Trinajstić information content (AvgIpc) is 3.19. The van der Waals surface area contributed by atoms with E-state index in [0.29, 0.717) is 31.2 Å². The van der Waals surface area contributed by atoms with E-state index in [2.05, 4.69) is 39.3 Å². The molecule has 2 aliphatic heterocycles. The highest BCUT2D eigenvalue weighted by molar-refractivity contribution is 14.1. The Bertz CT molecular complexity index is 1070. The topological polar surface area (TPSA) is 71.9 Å². The third-order valence-electron chi connectivity index (χ3n) is 5.37. The zero-order valence-electron chi connectivity index (χ0n) is 17.3. The van der Waals surface area contributed by atoms with Crippen LogP contribution in [-0.4, -0.2) is 64.3 Å². The van der Waals surface area contributed by atoms with Crippen molar-refractivity contribution in [2.75, 3.05) is 32.8 Å². The number of nitrogens with zero attached hydrogens (tertiary/aromatic N) is 3. The lowest BCUT2D eigenvalue weighted by atomic mass is 10.2. The van der Waals surface area contributed by atoms with Crippen LogP contribution in [0.25, 0.3) is 11.8 Å². The van der Waals surface area contributed by atoms with E-state index < -0.39 is 11.1 Å². The van der Waals surface area contributed by atoms with E-state index in [4.69, 9.17) is 4.74 Å². The number of aromatic nitrogens is 1. The highest BCUT2D eigenvalue weighted by Crippen LogP contribution is 2.33. The number of carbonyl (C=O) groups excluding carboxylic acids is 3. The van der Waals surface area contributed by atoms with E-state index in [1.807, 2.05) is 32.0 Å². The number of thioether (sulfide) groups is 1. The van der Waals surface area contributed by atoms with Crippen LogP contribution >= 0.6 is 34.4 Å². The van der Waals surface area contributed by atoms with E-state index in [1.54, 1.807) is 11.0 Å². The third kappa shape index (κ3) is 4.58. The standard InChI is InChI=1S/C22H22IN3O4S/c1-14-11-16(15(2)26(14)18-5-3-17(23)4-6-18)12-19-21(28)25(22(29)31-19)13-20(27)24-7-9-30-10-8-24/h3-6,11-12H,7-10,13H2,1-2H3/b19-12-. The number of carbonyl (C=O) groups is 3. The number of morpholine rings is 1. The maximum Gasteiger partial charge on any atom is 0.294 e. The van der Waals surface area contributed by atoms with Gasteiger partial charge in [-0.05, 0) is 90.2 Å². The Labute approximate surface area is 198 Å². The minimum atomic E-state index is -0.421. The van der Waals surface area contributed by atoms with Crippen LogP contribution < -0.4 is 0 Å². The van der Waals surface area contributed by atoms with Gasteiger partial charge < -0.3 is 14.2 Å². The fraction of sp³-hybridized carbons (Fsp3) is 0.318. The lowest BCUT2D eigenvalue weighted by Crippen LogP contribution is -2.46. The number of hydrogen-bond acceptors (Lipinski definition) is 5. The second-order valence-electron chi connectivity index (χ2n) is 7.40. The van der Waals surface area contributed by atoms with Crippen molar-refractivity contribution in [1.29, 1.82) is 0 Å². The van der Waals surface area contributed by atoms with Gasteiger partial charge in [0.15, 0.2) is 0 Å². The van der Waals surface area contributed by atoms with Crippen LogP contribution in [0, 0.1) is 17.4 Å². The molecule has 31 heavy (non-hydrogen) atoms. The summed E-state index contributed by atoms with van der Waals surface area (Å²) in [6.45, 7) is 5.68. The first-order valence-electron chi connectivity index (χ1n) is 9.91. The van der Waals surface area contributed by atoms with Crippen LogP contribution in [0.15, 0.2) is 35.2 Å². The Morgan fingerprint density at radius 3 is 2.52 bits per heavy atom. The number of rotatable bonds is 4. The monoisotopic (exact) mass is 551 g/mol. The Morgan fingerprint density at radius 1 is 1.16 bits per heavy atom. The predicted molar refractivity (Wildman–Crippen MR) is 128 cm³/mol. The first-order valence-corrected chi connectivity index (χ1v) is 11.8. The smallest absolute Gasteiger partial charge is 0.294 e. The maximum absolute atomic E-state index is 12.9. The van der Waals surface area contributed by atoms with Crippen molar-refractivity contribution in [3.05, 3.63) is 55.8 Å². The van der Waals surface area contributed by atoms with Gasteiger partial charge in [-0.3, -0.25) is 19.3 Å². The van der Waals surface area contributed by atoms with Gasteiger partial charge in [0.25, 0.3) is 11.1 Å². The fourth-order valence-corrected chi connectivity index (χ4v) is 4.94. The zero-order valence-corrected chi connectivity index (χ0v) is 20.2. The van der Waals surface area contributed by atoms with Crippen LogP contribution in [-0.2, 0) is 14.3 Å². The van der Waals surface area contributed by atoms with E-state index in [-0.39, 0.29) is 12.5 Å². The van der Waals surface area contributed by atoms with Gasteiger partial charge >= 0.3 is 0 Å². The molecule has 9 heteroatoms. The van der Waals surface area contributed by atoms with Gasteiger partial charge in [-0.2, -0.15) is 0 Å². The highest BCUT2D eigenvalue weighted by Gasteiger charge is 2.37. The molecule has 0 N–H and O–H groups in total. The van der Waals surface area contributed by atoms with Gasteiger partial charge in [0, 0.05) is 33.7 Å². The summed E-state index contributed by atoms with van der Waals surface area (Å²) in [5.74, 6) is -0.653. The van der Waals surface area contributed by atoms with E-state index in [0.717, 1.165) is 42.9 Å². The molecule has 162 valence electrons. The molecule has 4 rings (SSSR count). The van der Waals surface area contributed by atoms with E-state index >= 15 is 0 Å². The van der Waals surface area contributed by atoms with Crippen molar-refractivity contribution in [3.63, 3.8) is 0 Å². The van der Waals surface area contributed by atoms with Crippen LogP contribution in [0.4, 0.5) is 4.79 Å².